The van der Waals surface area contributed by atoms with E-state index in [0.29, 0.717) is 17.8 Å². The van der Waals surface area contributed by atoms with E-state index in [2.05, 4.69) is 20.5 Å². The highest BCUT2D eigenvalue weighted by Gasteiger charge is 2.15. The van der Waals surface area contributed by atoms with Crippen molar-refractivity contribution in [3.63, 3.8) is 0 Å². The highest BCUT2D eigenvalue weighted by atomic mass is 19.1. The maximum absolute atomic E-state index is 13.0. The number of fused-ring (bicyclic) bond motifs is 1. The lowest BCUT2D eigenvalue weighted by Crippen LogP contribution is -2.12. The highest BCUT2D eigenvalue weighted by Crippen LogP contribution is 2.21. The number of nitrogens with zero attached hydrogens (tertiary/aromatic N) is 3. The van der Waals surface area contributed by atoms with Crippen molar-refractivity contribution in [1.29, 1.82) is 0 Å². The van der Waals surface area contributed by atoms with Crippen LogP contribution in [0.1, 0.15) is 21.7 Å². The Balaban J connectivity index is 1.51. The molecule has 0 saturated carbocycles. The van der Waals surface area contributed by atoms with E-state index in [9.17, 15) is 9.18 Å². The molecule has 0 aliphatic heterocycles. The van der Waals surface area contributed by atoms with Crippen LogP contribution in [0.3, 0.4) is 0 Å². The van der Waals surface area contributed by atoms with E-state index >= 15 is 0 Å². The Hall–Kier alpha value is -3.48. The molecule has 4 rings (SSSR count). The Morgan fingerprint density at radius 3 is 2.77 bits per heavy atom. The molecule has 2 N–H and O–H groups in total. The summed E-state index contributed by atoms with van der Waals surface area (Å²) in [5.41, 5.74) is 2.44. The van der Waals surface area contributed by atoms with Gasteiger partial charge < -0.3 is 4.57 Å². The number of aromatic amines is 1. The number of aryl methyl sites for hydroxylation is 1. The number of H-pyrrole nitrogens is 1. The van der Waals surface area contributed by atoms with Gasteiger partial charge in [-0.1, -0.05) is 30.3 Å². The van der Waals surface area contributed by atoms with Crippen LogP contribution in [-0.4, -0.2) is 25.7 Å². The molecule has 0 aliphatic rings. The van der Waals surface area contributed by atoms with E-state index < -0.39 is 0 Å². The third-order valence-corrected chi connectivity index (χ3v) is 4.18. The normalized spacial score (nSPS) is 11.0. The lowest BCUT2D eigenvalue weighted by molar-refractivity contribution is 0.102. The molecule has 0 fully saturated rings. The topological polar surface area (TPSA) is 75.6 Å². The van der Waals surface area contributed by atoms with Crippen molar-refractivity contribution >= 4 is 22.8 Å². The average Bonchev–Trinajstić information content (AvgIpc) is 3.22. The van der Waals surface area contributed by atoms with Crippen LogP contribution in [0.5, 0.6) is 0 Å². The molecule has 2 aromatic heterocycles. The molecule has 2 aromatic carbocycles. The van der Waals surface area contributed by atoms with Crippen LogP contribution >= 0.6 is 0 Å². The number of hydrogen-bond acceptors (Lipinski definition) is 3. The van der Waals surface area contributed by atoms with E-state index in [1.54, 1.807) is 18.3 Å². The van der Waals surface area contributed by atoms with Gasteiger partial charge in [-0.25, -0.2) is 4.39 Å². The summed E-state index contributed by atoms with van der Waals surface area (Å²) in [6.07, 6.45) is 2.25. The number of carbonyl (C=O) groups excluding carboxylic acids is 1. The van der Waals surface area contributed by atoms with E-state index in [1.165, 1.54) is 12.1 Å². The van der Waals surface area contributed by atoms with Crippen molar-refractivity contribution in [2.24, 2.45) is 7.05 Å². The van der Waals surface area contributed by atoms with Crippen LogP contribution in [-0.2, 0) is 13.5 Å². The second-order valence-electron chi connectivity index (χ2n) is 6.03. The van der Waals surface area contributed by atoms with E-state index in [1.807, 2.05) is 35.9 Å². The second kappa shape index (κ2) is 6.44. The molecule has 0 aliphatic carbocycles. The maximum Gasteiger partial charge on any atom is 0.260 e. The molecule has 0 radical (unpaired) electrons. The lowest BCUT2D eigenvalue weighted by Gasteiger charge is -1.99. The molecule has 4 aromatic rings. The average molecular weight is 349 g/mol. The summed E-state index contributed by atoms with van der Waals surface area (Å²) in [5, 5.41) is 10.4. The third-order valence-electron chi connectivity index (χ3n) is 4.18. The summed E-state index contributed by atoms with van der Waals surface area (Å²) >= 11 is 0. The van der Waals surface area contributed by atoms with Crippen molar-refractivity contribution in [2.75, 3.05) is 5.32 Å². The Morgan fingerprint density at radius 2 is 1.96 bits per heavy atom. The molecule has 0 saturated heterocycles. The van der Waals surface area contributed by atoms with Gasteiger partial charge in [-0.2, -0.15) is 4.98 Å². The van der Waals surface area contributed by atoms with Crippen LogP contribution in [0.15, 0.2) is 54.7 Å². The van der Waals surface area contributed by atoms with E-state index in [-0.39, 0.29) is 17.7 Å². The fourth-order valence-corrected chi connectivity index (χ4v) is 2.92. The Morgan fingerprint density at radius 1 is 1.19 bits per heavy atom. The summed E-state index contributed by atoms with van der Waals surface area (Å²) in [6, 6.07) is 13.9. The number of aromatic nitrogens is 4. The van der Waals surface area contributed by atoms with Gasteiger partial charge in [-0.3, -0.25) is 15.2 Å². The van der Waals surface area contributed by atoms with Gasteiger partial charge in [0.2, 0.25) is 5.95 Å². The van der Waals surface area contributed by atoms with Crippen LogP contribution < -0.4 is 5.32 Å². The third kappa shape index (κ3) is 3.06. The predicted molar refractivity (Wildman–Crippen MR) is 96.5 cm³/mol. The van der Waals surface area contributed by atoms with Gasteiger partial charge in [0.15, 0.2) is 0 Å². The Bertz CT molecular complexity index is 1080. The van der Waals surface area contributed by atoms with Gasteiger partial charge >= 0.3 is 0 Å². The molecule has 2 heterocycles. The molecule has 1 amide bonds. The Labute approximate surface area is 148 Å². The minimum Gasteiger partial charge on any atom is -0.350 e. The highest BCUT2D eigenvalue weighted by molar-refractivity contribution is 6.12. The van der Waals surface area contributed by atoms with Crippen LogP contribution in [0.4, 0.5) is 10.3 Å². The molecular formula is C19H16FN5O. The zero-order valence-corrected chi connectivity index (χ0v) is 14.0. The first-order chi connectivity index (χ1) is 12.6. The first-order valence-corrected chi connectivity index (χ1v) is 8.11. The number of para-hydroxylation sites is 1. The quantitative estimate of drug-likeness (QED) is 0.594. The van der Waals surface area contributed by atoms with E-state index in [4.69, 9.17) is 0 Å². The summed E-state index contributed by atoms with van der Waals surface area (Å²) in [5.74, 6) is 0.244. The van der Waals surface area contributed by atoms with Gasteiger partial charge in [-0.15, -0.1) is 5.10 Å². The number of rotatable bonds is 4. The van der Waals surface area contributed by atoms with Gasteiger partial charge in [0, 0.05) is 30.6 Å². The smallest absolute Gasteiger partial charge is 0.260 e. The number of nitrogens with one attached hydrogen (secondary N) is 2. The van der Waals surface area contributed by atoms with Gasteiger partial charge in [0.1, 0.15) is 11.6 Å². The summed E-state index contributed by atoms with van der Waals surface area (Å²) in [4.78, 5) is 16.9. The minimum atomic E-state index is -0.283. The van der Waals surface area contributed by atoms with Crippen molar-refractivity contribution in [3.8, 4) is 0 Å². The van der Waals surface area contributed by atoms with Gasteiger partial charge in [0.25, 0.3) is 5.91 Å². The maximum atomic E-state index is 13.0. The van der Waals surface area contributed by atoms with Crippen LogP contribution in [0, 0.1) is 5.82 Å². The fourth-order valence-electron chi connectivity index (χ4n) is 2.92. The molecule has 26 heavy (non-hydrogen) atoms. The monoisotopic (exact) mass is 349 g/mol. The number of anilines is 1. The second-order valence-corrected chi connectivity index (χ2v) is 6.03. The van der Waals surface area contributed by atoms with Crippen molar-refractivity contribution in [3.05, 3.63) is 77.5 Å². The number of halogens is 1. The largest absolute Gasteiger partial charge is 0.350 e. The number of benzene rings is 2. The zero-order chi connectivity index (χ0) is 18.1. The molecule has 6 nitrogen and oxygen atoms in total. The Kier molecular flexibility index (Phi) is 3.96. The molecular weight excluding hydrogens is 333 g/mol. The van der Waals surface area contributed by atoms with Crippen LogP contribution in [0.2, 0.25) is 0 Å². The summed E-state index contributed by atoms with van der Waals surface area (Å²) < 4.78 is 14.9. The molecule has 7 heteroatoms. The summed E-state index contributed by atoms with van der Waals surface area (Å²) in [7, 11) is 1.90. The molecule has 0 spiro atoms. The first kappa shape index (κ1) is 16.0. The number of carbonyl (C=O) groups is 1. The lowest BCUT2D eigenvalue weighted by atomic mass is 10.1. The minimum absolute atomic E-state index is 0.208. The molecule has 0 unspecified atom stereocenters. The predicted octanol–water partition coefficient (Wildman–Crippen LogP) is 3.28. The van der Waals surface area contributed by atoms with Crippen molar-refractivity contribution < 1.29 is 9.18 Å². The standard InChI is InChI=1S/C19H16FN5O/c1-25-11-15(14-4-2-3-5-16(14)25)18(26)22-19-21-17(23-24-19)10-12-6-8-13(20)9-7-12/h2-9,11H,10H2,1H3,(H2,21,22,23,24,26). The molecule has 0 bridgehead atoms. The van der Waals surface area contributed by atoms with E-state index in [0.717, 1.165) is 16.5 Å². The fraction of sp³-hybridized carbons (Fsp3) is 0.105. The number of hydrogen-bond donors (Lipinski definition) is 2. The van der Waals surface area contributed by atoms with Gasteiger partial charge in [-0.05, 0) is 23.8 Å². The molecule has 0 atom stereocenters. The van der Waals surface area contributed by atoms with Gasteiger partial charge in [0.05, 0.1) is 5.56 Å². The SMILES string of the molecule is Cn1cc(C(=O)Nc2n[nH]c(Cc3ccc(F)cc3)n2)c2ccccc21. The zero-order valence-electron chi connectivity index (χ0n) is 14.0. The van der Waals surface area contributed by atoms with Crippen LogP contribution in [0.25, 0.3) is 10.9 Å². The molecule has 130 valence electrons. The first-order valence-electron chi connectivity index (χ1n) is 8.11. The van der Waals surface area contributed by atoms with Crippen molar-refractivity contribution in [2.45, 2.75) is 6.42 Å². The van der Waals surface area contributed by atoms with Crippen molar-refractivity contribution in [1.82, 2.24) is 19.7 Å². The number of amides is 1. The summed E-state index contributed by atoms with van der Waals surface area (Å²) in [6.45, 7) is 0.